The summed E-state index contributed by atoms with van der Waals surface area (Å²) in [6, 6.07) is 3.34. The smallest absolute Gasteiger partial charge is 0.293 e. The molecule has 0 saturated heterocycles. The highest BCUT2D eigenvalue weighted by Crippen LogP contribution is 2.24. The molecule has 0 saturated carbocycles. The molecule has 112 valence electrons. The Kier molecular flexibility index (Phi) is 3.91. The van der Waals surface area contributed by atoms with Crippen molar-refractivity contribution in [2.45, 2.75) is 18.4 Å². The molecule has 0 bridgehead atoms. The fourth-order valence-corrected chi connectivity index (χ4v) is 2.68. The Hall–Kier alpha value is -2.46. The van der Waals surface area contributed by atoms with Gasteiger partial charge in [0.15, 0.2) is 0 Å². The van der Waals surface area contributed by atoms with Crippen molar-refractivity contribution in [2.24, 2.45) is 0 Å². The zero-order valence-electron chi connectivity index (χ0n) is 11.0. The third-order valence-electron chi connectivity index (χ3n) is 2.90. The number of nitro benzene ring substituents is 1. The molecule has 1 heterocycles. The standard InChI is InChI=1S/C11H13N5O4S/c1-7-8(5-13-15-7)6-14-21(19,20)9-2-3-10(12)11(4-9)16(17)18/h2-5,14H,6,12H2,1H3,(H,13,15). The summed E-state index contributed by atoms with van der Waals surface area (Å²) in [4.78, 5) is 9.84. The van der Waals surface area contributed by atoms with Crippen LogP contribution in [0.25, 0.3) is 0 Å². The van der Waals surface area contributed by atoms with Crippen LogP contribution >= 0.6 is 0 Å². The van der Waals surface area contributed by atoms with Gasteiger partial charge in [-0.1, -0.05) is 0 Å². The van der Waals surface area contributed by atoms with Crippen molar-refractivity contribution >= 4 is 21.4 Å². The van der Waals surface area contributed by atoms with E-state index >= 15 is 0 Å². The molecule has 1 aromatic heterocycles. The molecule has 2 rings (SSSR count). The Morgan fingerprint density at radius 2 is 2.19 bits per heavy atom. The van der Waals surface area contributed by atoms with E-state index in [-0.39, 0.29) is 17.1 Å². The number of nitro groups is 1. The molecule has 0 radical (unpaired) electrons. The summed E-state index contributed by atoms with van der Waals surface area (Å²) >= 11 is 0. The third-order valence-corrected chi connectivity index (χ3v) is 4.29. The van der Waals surface area contributed by atoms with Crippen molar-refractivity contribution in [3.05, 3.63) is 45.8 Å². The van der Waals surface area contributed by atoms with Crippen LogP contribution in [-0.4, -0.2) is 23.5 Å². The van der Waals surface area contributed by atoms with E-state index in [9.17, 15) is 18.5 Å². The highest BCUT2D eigenvalue weighted by atomic mass is 32.2. The maximum absolute atomic E-state index is 12.1. The summed E-state index contributed by atoms with van der Waals surface area (Å²) in [5.74, 6) is 0. The molecule has 9 nitrogen and oxygen atoms in total. The summed E-state index contributed by atoms with van der Waals surface area (Å²) in [5, 5.41) is 17.3. The molecule has 0 aliphatic heterocycles. The lowest BCUT2D eigenvalue weighted by Crippen LogP contribution is -2.23. The number of aryl methyl sites for hydroxylation is 1. The number of H-pyrrole nitrogens is 1. The van der Waals surface area contributed by atoms with Crippen LogP contribution in [0.4, 0.5) is 11.4 Å². The summed E-state index contributed by atoms with van der Waals surface area (Å²) in [5.41, 5.74) is 6.32. The van der Waals surface area contributed by atoms with Gasteiger partial charge in [-0.3, -0.25) is 15.2 Å². The van der Waals surface area contributed by atoms with Crippen LogP contribution in [0.2, 0.25) is 0 Å². The first-order valence-electron chi connectivity index (χ1n) is 5.83. The second-order valence-electron chi connectivity index (χ2n) is 4.32. The van der Waals surface area contributed by atoms with Crippen molar-refractivity contribution in [1.82, 2.24) is 14.9 Å². The second kappa shape index (κ2) is 5.50. The molecule has 21 heavy (non-hydrogen) atoms. The van der Waals surface area contributed by atoms with E-state index in [2.05, 4.69) is 14.9 Å². The first-order chi connectivity index (χ1) is 9.81. The molecule has 1 aromatic carbocycles. The molecule has 0 fully saturated rings. The Morgan fingerprint density at radius 3 is 2.76 bits per heavy atom. The average Bonchev–Trinajstić information content (AvgIpc) is 2.82. The maximum atomic E-state index is 12.1. The van der Waals surface area contributed by atoms with E-state index in [0.717, 1.165) is 11.8 Å². The van der Waals surface area contributed by atoms with Crippen LogP contribution in [0.5, 0.6) is 0 Å². The Morgan fingerprint density at radius 1 is 1.48 bits per heavy atom. The SMILES string of the molecule is Cc1[nH]ncc1CNS(=O)(=O)c1ccc(N)c([N+](=O)[O-])c1. The average molecular weight is 311 g/mol. The van der Waals surface area contributed by atoms with Crippen LogP contribution in [0.3, 0.4) is 0 Å². The number of nitrogens with zero attached hydrogens (tertiary/aromatic N) is 2. The van der Waals surface area contributed by atoms with Gasteiger partial charge in [-0.15, -0.1) is 0 Å². The van der Waals surface area contributed by atoms with Crippen LogP contribution in [-0.2, 0) is 16.6 Å². The molecule has 10 heteroatoms. The van der Waals surface area contributed by atoms with E-state index < -0.39 is 20.6 Å². The Bertz CT molecular complexity index is 784. The number of benzene rings is 1. The largest absolute Gasteiger partial charge is 0.393 e. The molecule has 2 aromatic rings. The number of sulfonamides is 1. The number of aromatic nitrogens is 2. The highest BCUT2D eigenvalue weighted by molar-refractivity contribution is 7.89. The third kappa shape index (κ3) is 3.17. The van der Waals surface area contributed by atoms with Gasteiger partial charge in [-0.05, 0) is 19.1 Å². The molecular weight excluding hydrogens is 298 g/mol. The normalized spacial score (nSPS) is 11.5. The van der Waals surface area contributed by atoms with Crippen molar-refractivity contribution in [3.63, 3.8) is 0 Å². The minimum absolute atomic E-state index is 0.0306. The number of hydrogen-bond donors (Lipinski definition) is 3. The van der Waals surface area contributed by atoms with Gasteiger partial charge in [0.1, 0.15) is 5.69 Å². The zero-order valence-corrected chi connectivity index (χ0v) is 11.8. The Balaban J connectivity index is 2.26. The molecular formula is C11H13N5O4S. The first-order valence-corrected chi connectivity index (χ1v) is 7.32. The van der Waals surface area contributed by atoms with E-state index in [4.69, 9.17) is 5.73 Å². The lowest BCUT2D eigenvalue weighted by atomic mass is 10.3. The summed E-state index contributed by atoms with van der Waals surface area (Å²) in [6.45, 7) is 1.79. The van der Waals surface area contributed by atoms with E-state index in [1.54, 1.807) is 6.92 Å². The fourth-order valence-electron chi connectivity index (χ4n) is 1.66. The summed E-state index contributed by atoms with van der Waals surface area (Å²) in [6.07, 6.45) is 1.50. The first kappa shape index (κ1) is 14.9. The van der Waals surface area contributed by atoms with E-state index in [1.807, 2.05) is 0 Å². The molecule has 0 unspecified atom stereocenters. The number of nitrogens with one attached hydrogen (secondary N) is 2. The van der Waals surface area contributed by atoms with Crippen molar-refractivity contribution in [2.75, 3.05) is 5.73 Å². The minimum Gasteiger partial charge on any atom is -0.393 e. The summed E-state index contributed by atoms with van der Waals surface area (Å²) < 4.78 is 26.6. The molecule has 0 atom stereocenters. The molecule has 4 N–H and O–H groups in total. The van der Waals surface area contributed by atoms with Gasteiger partial charge in [-0.25, -0.2) is 13.1 Å². The molecule has 0 spiro atoms. The lowest BCUT2D eigenvalue weighted by molar-refractivity contribution is -0.384. The predicted octanol–water partition coefficient (Wildman–Crippen LogP) is 0.687. The lowest BCUT2D eigenvalue weighted by Gasteiger charge is -2.07. The number of anilines is 1. The second-order valence-corrected chi connectivity index (χ2v) is 6.09. The maximum Gasteiger partial charge on any atom is 0.293 e. The van der Waals surface area contributed by atoms with Crippen molar-refractivity contribution < 1.29 is 13.3 Å². The predicted molar refractivity (Wildman–Crippen MR) is 74.9 cm³/mol. The molecule has 0 aliphatic rings. The van der Waals surface area contributed by atoms with Crippen LogP contribution in [0.1, 0.15) is 11.3 Å². The topological polar surface area (TPSA) is 144 Å². The van der Waals surface area contributed by atoms with Crippen LogP contribution in [0.15, 0.2) is 29.3 Å². The quantitative estimate of drug-likeness (QED) is 0.421. The number of nitrogen functional groups attached to an aromatic ring is 1. The number of nitrogens with two attached hydrogens (primary N) is 1. The van der Waals surface area contributed by atoms with E-state index in [1.165, 1.54) is 18.3 Å². The van der Waals surface area contributed by atoms with Crippen LogP contribution < -0.4 is 10.5 Å². The Labute approximate surface area is 120 Å². The van der Waals surface area contributed by atoms with Gasteiger partial charge < -0.3 is 5.73 Å². The monoisotopic (exact) mass is 311 g/mol. The highest BCUT2D eigenvalue weighted by Gasteiger charge is 2.20. The van der Waals surface area contributed by atoms with Gasteiger partial charge in [-0.2, -0.15) is 5.10 Å². The van der Waals surface area contributed by atoms with Gasteiger partial charge in [0.05, 0.1) is 16.0 Å². The van der Waals surface area contributed by atoms with Crippen molar-refractivity contribution in [3.8, 4) is 0 Å². The number of aromatic amines is 1. The van der Waals surface area contributed by atoms with Crippen LogP contribution in [0, 0.1) is 17.0 Å². The zero-order chi connectivity index (χ0) is 15.6. The van der Waals surface area contributed by atoms with Gasteiger partial charge in [0, 0.05) is 23.9 Å². The van der Waals surface area contributed by atoms with E-state index in [0.29, 0.717) is 5.56 Å². The van der Waals surface area contributed by atoms with Crippen molar-refractivity contribution in [1.29, 1.82) is 0 Å². The van der Waals surface area contributed by atoms with Gasteiger partial charge in [0.25, 0.3) is 5.69 Å². The molecule has 0 aliphatic carbocycles. The number of hydrogen-bond acceptors (Lipinski definition) is 6. The fraction of sp³-hybridized carbons (Fsp3) is 0.182. The minimum atomic E-state index is -3.88. The van der Waals surface area contributed by atoms with Gasteiger partial charge >= 0.3 is 0 Å². The molecule has 0 amide bonds. The summed E-state index contributed by atoms with van der Waals surface area (Å²) in [7, 11) is -3.88. The van der Waals surface area contributed by atoms with Gasteiger partial charge in [0.2, 0.25) is 10.0 Å². The number of rotatable bonds is 5.